The number of amides is 1. The number of rotatable bonds is 2. The van der Waals surface area contributed by atoms with E-state index in [2.05, 4.69) is 15.0 Å². The van der Waals surface area contributed by atoms with Gasteiger partial charge in [0, 0.05) is 30.6 Å². The third-order valence-corrected chi connectivity index (χ3v) is 4.39. The summed E-state index contributed by atoms with van der Waals surface area (Å²) in [5.41, 5.74) is 2.41. The summed E-state index contributed by atoms with van der Waals surface area (Å²) in [6, 6.07) is 1.89. The number of carbonyl (C=O) groups excluding carboxylic acids is 1. The van der Waals surface area contributed by atoms with Gasteiger partial charge in [-0.25, -0.2) is 9.97 Å². The Bertz CT molecular complexity index is 913. The van der Waals surface area contributed by atoms with E-state index >= 15 is 0 Å². The minimum Gasteiger partial charge on any atom is -0.346 e. The van der Waals surface area contributed by atoms with Gasteiger partial charge < -0.3 is 9.88 Å². The molecule has 0 bridgehead atoms. The highest BCUT2D eigenvalue weighted by Crippen LogP contribution is 2.33. The summed E-state index contributed by atoms with van der Waals surface area (Å²) >= 11 is 0. The molecule has 1 saturated heterocycles. The minimum atomic E-state index is -4.47. The predicted octanol–water partition coefficient (Wildman–Crippen LogP) is 2.48. The highest BCUT2D eigenvalue weighted by atomic mass is 19.4. The maximum absolute atomic E-state index is 12.4. The van der Waals surface area contributed by atoms with Crippen molar-refractivity contribution in [2.45, 2.75) is 24.9 Å². The lowest BCUT2D eigenvalue weighted by Gasteiger charge is -2.17. The Morgan fingerprint density at radius 1 is 1.33 bits per heavy atom. The lowest BCUT2D eigenvalue weighted by Crippen LogP contribution is -2.32. The number of aromatic amines is 1. The van der Waals surface area contributed by atoms with Gasteiger partial charge in [0.1, 0.15) is 24.7 Å². The first-order chi connectivity index (χ1) is 11.4. The van der Waals surface area contributed by atoms with E-state index < -0.39 is 18.5 Å². The van der Waals surface area contributed by atoms with E-state index in [1.807, 2.05) is 6.07 Å². The van der Waals surface area contributed by atoms with Crippen LogP contribution in [0.2, 0.25) is 0 Å². The zero-order valence-electron chi connectivity index (χ0n) is 12.5. The molecule has 3 aromatic heterocycles. The lowest BCUT2D eigenvalue weighted by molar-refractivity contribution is -0.160. The molecule has 9 heteroatoms. The maximum Gasteiger partial charge on any atom is 0.397 e. The van der Waals surface area contributed by atoms with Gasteiger partial charge in [-0.1, -0.05) is 0 Å². The third-order valence-electron chi connectivity index (χ3n) is 4.39. The van der Waals surface area contributed by atoms with Gasteiger partial charge in [-0.15, -0.1) is 0 Å². The van der Waals surface area contributed by atoms with Crippen LogP contribution in [0.1, 0.15) is 24.5 Å². The predicted molar refractivity (Wildman–Crippen MR) is 79.5 cm³/mol. The van der Waals surface area contributed by atoms with Crippen LogP contribution in [0, 0.1) is 0 Å². The zero-order valence-corrected chi connectivity index (χ0v) is 12.5. The van der Waals surface area contributed by atoms with Crippen LogP contribution in [-0.4, -0.2) is 49.4 Å². The quantitative estimate of drug-likeness (QED) is 0.781. The number of H-pyrrole nitrogens is 1. The molecule has 126 valence electrons. The molecule has 0 saturated carbocycles. The van der Waals surface area contributed by atoms with Crippen molar-refractivity contribution >= 4 is 22.5 Å². The molecule has 3 aromatic rings. The number of carbonyl (C=O) groups is 1. The van der Waals surface area contributed by atoms with Crippen molar-refractivity contribution in [3.05, 3.63) is 30.6 Å². The molecule has 1 aliphatic heterocycles. The van der Waals surface area contributed by atoms with Crippen molar-refractivity contribution in [3.8, 4) is 0 Å². The van der Waals surface area contributed by atoms with Crippen molar-refractivity contribution in [2.24, 2.45) is 0 Å². The van der Waals surface area contributed by atoms with Gasteiger partial charge in [0.25, 0.3) is 0 Å². The van der Waals surface area contributed by atoms with Gasteiger partial charge in [0.15, 0.2) is 0 Å². The summed E-state index contributed by atoms with van der Waals surface area (Å²) in [6.07, 6.45) is -0.210. The molecule has 1 aliphatic rings. The summed E-state index contributed by atoms with van der Waals surface area (Å²) < 4.78 is 39.0. The summed E-state index contributed by atoms with van der Waals surface area (Å²) in [4.78, 5) is 24.8. The van der Waals surface area contributed by atoms with Gasteiger partial charge in [-0.2, -0.15) is 13.2 Å². The SMILES string of the molecule is O=C(CC(F)(F)F)N1CCC(c2ncn3cnc4[nH]ccc4c23)C1. The molecule has 0 aromatic carbocycles. The van der Waals surface area contributed by atoms with Gasteiger partial charge in [0.2, 0.25) is 5.91 Å². The molecular formula is C15H14F3N5O. The lowest BCUT2D eigenvalue weighted by atomic mass is 10.0. The molecule has 1 amide bonds. The fraction of sp³-hybridized carbons (Fsp3) is 0.400. The second-order valence-corrected chi connectivity index (χ2v) is 5.99. The molecule has 1 unspecified atom stereocenters. The number of alkyl halides is 3. The van der Waals surface area contributed by atoms with Crippen LogP contribution in [-0.2, 0) is 4.79 Å². The number of imidazole rings is 1. The van der Waals surface area contributed by atoms with Crippen LogP contribution in [0.5, 0.6) is 0 Å². The van der Waals surface area contributed by atoms with Crippen molar-refractivity contribution in [3.63, 3.8) is 0 Å². The van der Waals surface area contributed by atoms with Gasteiger partial charge in [-0.3, -0.25) is 9.20 Å². The van der Waals surface area contributed by atoms with Crippen LogP contribution in [0.4, 0.5) is 13.2 Å². The molecular weight excluding hydrogens is 323 g/mol. The van der Waals surface area contributed by atoms with E-state index in [9.17, 15) is 18.0 Å². The van der Waals surface area contributed by atoms with E-state index in [0.717, 1.165) is 22.2 Å². The molecule has 1 N–H and O–H groups in total. The van der Waals surface area contributed by atoms with E-state index in [0.29, 0.717) is 13.0 Å². The summed E-state index contributed by atoms with van der Waals surface area (Å²) in [6.45, 7) is 0.579. The number of hydrogen-bond donors (Lipinski definition) is 1. The van der Waals surface area contributed by atoms with Crippen molar-refractivity contribution < 1.29 is 18.0 Å². The zero-order chi connectivity index (χ0) is 16.9. The molecule has 0 aliphatic carbocycles. The van der Waals surface area contributed by atoms with Crippen LogP contribution in [0.15, 0.2) is 24.9 Å². The minimum absolute atomic E-state index is 0.0762. The van der Waals surface area contributed by atoms with E-state index in [4.69, 9.17) is 0 Å². The highest BCUT2D eigenvalue weighted by Gasteiger charge is 2.37. The first-order valence-corrected chi connectivity index (χ1v) is 7.55. The number of fused-ring (bicyclic) bond motifs is 3. The van der Waals surface area contributed by atoms with Crippen LogP contribution in [0.3, 0.4) is 0 Å². The maximum atomic E-state index is 12.4. The molecule has 0 radical (unpaired) electrons. The van der Waals surface area contributed by atoms with E-state index in [1.54, 1.807) is 23.3 Å². The molecule has 4 rings (SSSR count). The van der Waals surface area contributed by atoms with Crippen molar-refractivity contribution in [1.82, 2.24) is 24.3 Å². The number of hydrogen-bond acceptors (Lipinski definition) is 3. The topological polar surface area (TPSA) is 66.3 Å². The van der Waals surface area contributed by atoms with Crippen LogP contribution >= 0.6 is 0 Å². The number of likely N-dealkylation sites (tertiary alicyclic amines) is 1. The van der Waals surface area contributed by atoms with E-state index in [-0.39, 0.29) is 12.5 Å². The van der Waals surface area contributed by atoms with Gasteiger partial charge in [-0.05, 0) is 12.5 Å². The Morgan fingerprint density at radius 3 is 2.92 bits per heavy atom. The molecule has 1 fully saturated rings. The normalized spacial score (nSPS) is 18.8. The second kappa shape index (κ2) is 5.22. The molecule has 1 atom stereocenters. The summed E-state index contributed by atoms with van der Waals surface area (Å²) in [5.74, 6) is -0.949. The van der Waals surface area contributed by atoms with Crippen LogP contribution < -0.4 is 0 Å². The smallest absolute Gasteiger partial charge is 0.346 e. The largest absolute Gasteiger partial charge is 0.397 e. The fourth-order valence-corrected chi connectivity index (χ4v) is 3.31. The molecule has 6 nitrogen and oxygen atoms in total. The molecule has 24 heavy (non-hydrogen) atoms. The Balaban J connectivity index is 1.63. The summed E-state index contributed by atoms with van der Waals surface area (Å²) in [5, 5.41) is 0.907. The number of nitrogens with one attached hydrogen (secondary N) is 1. The van der Waals surface area contributed by atoms with Crippen LogP contribution in [0.25, 0.3) is 16.6 Å². The average Bonchev–Trinajstić information content (AvgIpc) is 3.22. The Hall–Kier alpha value is -2.58. The average molecular weight is 337 g/mol. The monoisotopic (exact) mass is 337 g/mol. The standard InChI is InChI=1S/C15H14F3N5O/c16-15(17,18)5-11(24)22-4-2-9(6-22)12-13-10-1-3-19-14(10)21-8-23(13)7-20-12/h1,3,7-9,19H,2,4-6H2. The Kier molecular flexibility index (Phi) is 3.26. The summed E-state index contributed by atoms with van der Waals surface area (Å²) in [7, 11) is 0. The van der Waals surface area contributed by atoms with E-state index in [1.165, 1.54) is 4.90 Å². The Labute approximate surface area is 134 Å². The van der Waals surface area contributed by atoms with Crippen molar-refractivity contribution in [1.29, 1.82) is 0 Å². The first kappa shape index (κ1) is 15.0. The van der Waals surface area contributed by atoms with Crippen molar-refractivity contribution in [2.75, 3.05) is 13.1 Å². The number of nitrogens with zero attached hydrogens (tertiary/aromatic N) is 4. The highest BCUT2D eigenvalue weighted by molar-refractivity contribution is 5.93. The van der Waals surface area contributed by atoms with Gasteiger partial charge in [0.05, 0.1) is 11.2 Å². The molecule has 0 spiro atoms. The number of aromatic nitrogens is 4. The molecule has 4 heterocycles. The first-order valence-electron chi connectivity index (χ1n) is 7.55. The van der Waals surface area contributed by atoms with Gasteiger partial charge >= 0.3 is 6.18 Å². The number of halogens is 3. The Morgan fingerprint density at radius 2 is 2.12 bits per heavy atom. The third kappa shape index (κ3) is 2.49. The second-order valence-electron chi connectivity index (χ2n) is 5.99. The fourth-order valence-electron chi connectivity index (χ4n) is 3.31.